The Hall–Kier alpha value is -3.00. The summed E-state index contributed by atoms with van der Waals surface area (Å²) in [6, 6.07) is 17.4. The number of hydrogen-bond donors (Lipinski definition) is 2. The first-order valence-corrected chi connectivity index (χ1v) is 8.64. The smallest absolute Gasteiger partial charge is 0.226 e. The average Bonchev–Trinajstić information content (AvgIpc) is 3.17. The molecule has 2 aromatic rings. The van der Waals surface area contributed by atoms with E-state index < -0.39 is 0 Å². The molecular formula is C20H22N4O. The number of carbonyl (C=O) groups excluding carboxylic acids is 1. The lowest BCUT2D eigenvalue weighted by molar-refractivity contribution is -0.115. The zero-order chi connectivity index (χ0) is 17.5. The molecular weight excluding hydrogens is 312 g/mol. The van der Waals surface area contributed by atoms with Gasteiger partial charge >= 0.3 is 0 Å². The summed E-state index contributed by atoms with van der Waals surface area (Å²) in [6.45, 7) is 2.71. The van der Waals surface area contributed by atoms with Gasteiger partial charge in [-0.3, -0.25) is 4.79 Å². The van der Waals surface area contributed by atoms with Crippen molar-refractivity contribution in [3.05, 3.63) is 54.1 Å². The summed E-state index contributed by atoms with van der Waals surface area (Å²) in [5, 5.41) is 15.1. The topological polar surface area (TPSA) is 68.2 Å². The maximum absolute atomic E-state index is 12.1. The van der Waals surface area contributed by atoms with Gasteiger partial charge in [0.2, 0.25) is 5.91 Å². The molecule has 0 radical (unpaired) electrons. The van der Waals surface area contributed by atoms with Gasteiger partial charge in [0.1, 0.15) is 6.07 Å². The van der Waals surface area contributed by atoms with Crippen molar-refractivity contribution < 1.29 is 4.79 Å². The third kappa shape index (κ3) is 4.51. The molecule has 25 heavy (non-hydrogen) atoms. The Balaban J connectivity index is 1.47. The predicted octanol–water partition coefficient (Wildman–Crippen LogP) is 3.60. The molecule has 3 rings (SSSR count). The first kappa shape index (κ1) is 16.8. The number of nitrogens with one attached hydrogen (secondary N) is 2. The highest BCUT2D eigenvalue weighted by Crippen LogP contribution is 2.22. The number of nitriles is 1. The second-order valence-electron chi connectivity index (χ2n) is 6.12. The summed E-state index contributed by atoms with van der Waals surface area (Å²) >= 11 is 0. The normalized spacial score (nSPS) is 13.3. The Morgan fingerprint density at radius 2 is 1.80 bits per heavy atom. The fourth-order valence-corrected chi connectivity index (χ4v) is 3.00. The molecule has 5 nitrogen and oxygen atoms in total. The minimum Gasteiger partial charge on any atom is -0.383 e. The van der Waals surface area contributed by atoms with E-state index in [0.717, 1.165) is 24.5 Å². The van der Waals surface area contributed by atoms with Crippen LogP contribution in [0, 0.1) is 11.3 Å². The largest absolute Gasteiger partial charge is 0.383 e. The van der Waals surface area contributed by atoms with Gasteiger partial charge < -0.3 is 15.5 Å². The van der Waals surface area contributed by atoms with Crippen molar-refractivity contribution in [1.29, 1.82) is 5.26 Å². The van der Waals surface area contributed by atoms with Gasteiger partial charge in [-0.15, -0.1) is 0 Å². The third-order valence-corrected chi connectivity index (χ3v) is 4.34. The van der Waals surface area contributed by atoms with Crippen molar-refractivity contribution in [3.8, 4) is 6.07 Å². The van der Waals surface area contributed by atoms with E-state index in [4.69, 9.17) is 5.26 Å². The Bertz CT molecular complexity index is 758. The van der Waals surface area contributed by atoms with Gasteiger partial charge in [0.05, 0.1) is 11.3 Å². The molecule has 1 saturated heterocycles. The summed E-state index contributed by atoms with van der Waals surface area (Å²) in [4.78, 5) is 14.4. The van der Waals surface area contributed by atoms with Gasteiger partial charge in [-0.1, -0.05) is 12.1 Å². The van der Waals surface area contributed by atoms with Crippen LogP contribution in [0.15, 0.2) is 48.5 Å². The van der Waals surface area contributed by atoms with E-state index in [-0.39, 0.29) is 5.91 Å². The summed E-state index contributed by atoms with van der Waals surface area (Å²) in [6.07, 6.45) is 2.84. The van der Waals surface area contributed by atoms with Crippen LogP contribution < -0.4 is 15.5 Å². The van der Waals surface area contributed by atoms with Gasteiger partial charge in [-0.05, 0) is 49.2 Å². The lowest BCUT2D eigenvalue weighted by Gasteiger charge is -2.17. The maximum Gasteiger partial charge on any atom is 0.226 e. The van der Waals surface area contributed by atoms with Crippen LogP contribution in [0.4, 0.5) is 17.1 Å². The summed E-state index contributed by atoms with van der Waals surface area (Å²) in [7, 11) is 0. The second kappa shape index (κ2) is 8.20. The molecule has 0 bridgehead atoms. The van der Waals surface area contributed by atoms with Crippen molar-refractivity contribution in [3.63, 3.8) is 0 Å². The van der Waals surface area contributed by atoms with Crippen molar-refractivity contribution in [2.75, 3.05) is 35.2 Å². The van der Waals surface area contributed by atoms with Crippen LogP contribution in [-0.4, -0.2) is 25.5 Å². The van der Waals surface area contributed by atoms with Crippen LogP contribution in [0.3, 0.4) is 0 Å². The molecule has 2 N–H and O–H groups in total. The fourth-order valence-electron chi connectivity index (χ4n) is 3.00. The maximum atomic E-state index is 12.1. The minimum atomic E-state index is -0.0455. The molecule has 0 aliphatic carbocycles. The molecule has 1 amide bonds. The van der Waals surface area contributed by atoms with E-state index in [1.54, 1.807) is 6.07 Å². The summed E-state index contributed by atoms with van der Waals surface area (Å²) in [5.74, 6) is -0.0455. The number of para-hydroxylation sites is 1. The molecule has 1 fully saturated rings. The van der Waals surface area contributed by atoms with Crippen LogP contribution in [0.5, 0.6) is 0 Å². The van der Waals surface area contributed by atoms with Crippen LogP contribution >= 0.6 is 0 Å². The number of rotatable bonds is 6. The van der Waals surface area contributed by atoms with Crippen LogP contribution in [-0.2, 0) is 4.79 Å². The van der Waals surface area contributed by atoms with Gasteiger partial charge in [-0.25, -0.2) is 0 Å². The number of anilines is 3. The molecule has 2 aromatic carbocycles. The Labute approximate surface area is 148 Å². The van der Waals surface area contributed by atoms with E-state index in [1.165, 1.54) is 18.5 Å². The van der Waals surface area contributed by atoms with Gasteiger partial charge in [-0.2, -0.15) is 5.26 Å². The highest BCUT2D eigenvalue weighted by atomic mass is 16.1. The van der Waals surface area contributed by atoms with E-state index in [0.29, 0.717) is 18.5 Å². The molecule has 0 aromatic heterocycles. The van der Waals surface area contributed by atoms with Crippen molar-refractivity contribution in [1.82, 2.24) is 0 Å². The minimum absolute atomic E-state index is 0.0455. The van der Waals surface area contributed by atoms with Crippen molar-refractivity contribution in [2.24, 2.45) is 0 Å². The van der Waals surface area contributed by atoms with E-state index in [2.05, 4.69) is 33.7 Å². The first-order chi connectivity index (χ1) is 12.3. The van der Waals surface area contributed by atoms with Crippen LogP contribution in [0.1, 0.15) is 24.8 Å². The van der Waals surface area contributed by atoms with Crippen LogP contribution in [0.25, 0.3) is 0 Å². The van der Waals surface area contributed by atoms with Crippen molar-refractivity contribution >= 4 is 23.0 Å². The molecule has 1 aliphatic rings. The molecule has 0 atom stereocenters. The highest BCUT2D eigenvalue weighted by molar-refractivity contribution is 5.91. The summed E-state index contributed by atoms with van der Waals surface area (Å²) < 4.78 is 0. The standard InChI is InChI=1S/C20H22N4O/c21-15-16-5-1-2-6-19(16)22-12-11-20(25)23-17-7-9-18(10-8-17)24-13-3-4-14-24/h1-2,5-10,22H,3-4,11-14H2,(H,23,25). The number of carbonyl (C=O) groups is 1. The van der Waals surface area contributed by atoms with Gasteiger partial charge in [0.25, 0.3) is 0 Å². The Morgan fingerprint density at radius 1 is 1.08 bits per heavy atom. The first-order valence-electron chi connectivity index (χ1n) is 8.64. The number of benzene rings is 2. The zero-order valence-corrected chi connectivity index (χ0v) is 14.2. The molecule has 0 unspecified atom stereocenters. The molecule has 1 aliphatic heterocycles. The second-order valence-corrected chi connectivity index (χ2v) is 6.12. The van der Waals surface area contributed by atoms with Crippen molar-refractivity contribution in [2.45, 2.75) is 19.3 Å². The fraction of sp³-hybridized carbons (Fsp3) is 0.300. The Kier molecular flexibility index (Phi) is 5.53. The summed E-state index contributed by atoms with van der Waals surface area (Å²) in [5.41, 5.74) is 3.36. The Morgan fingerprint density at radius 3 is 2.52 bits per heavy atom. The predicted molar refractivity (Wildman–Crippen MR) is 101 cm³/mol. The van der Waals surface area contributed by atoms with E-state index >= 15 is 0 Å². The lowest BCUT2D eigenvalue weighted by Crippen LogP contribution is -2.18. The molecule has 128 valence electrons. The number of hydrogen-bond acceptors (Lipinski definition) is 4. The highest BCUT2D eigenvalue weighted by Gasteiger charge is 2.12. The van der Waals surface area contributed by atoms with Gasteiger partial charge in [0, 0.05) is 37.4 Å². The molecule has 1 heterocycles. The molecule has 5 heteroatoms. The lowest BCUT2D eigenvalue weighted by atomic mass is 10.2. The third-order valence-electron chi connectivity index (χ3n) is 4.34. The SMILES string of the molecule is N#Cc1ccccc1NCCC(=O)Nc1ccc(N2CCCC2)cc1. The molecule has 0 spiro atoms. The average molecular weight is 334 g/mol. The van der Waals surface area contributed by atoms with E-state index in [1.807, 2.05) is 30.3 Å². The quantitative estimate of drug-likeness (QED) is 0.847. The number of amides is 1. The zero-order valence-electron chi connectivity index (χ0n) is 14.2. The molecule has 0 saturated carbocycles. The van der Waals surface area contributed by atoms with Gasteiger partial charge in [0.15, 0.2) is 0 Å². The number of nitrogens with zero attached hydrogens (tertiary/aromatic N) is 2. The van der Waals surface area contributed by atoms with Crippen LogP contribution in [0.2, 0.25) is 0 Å². The van der Waals surface area contributed by atoms with E-state index in [9.17, 15) is 4.79 Å². The monoisotopic (exact) mass is 334 g/mol.